The van der Waals surface area contributed by atoms with Gasteiger partial charge in [-0.15, -0.1) is 0 Å². The van der Waals surface area contributed by atoms with Crippen LogP contribution in [0.3, 0.4) is 0 Å². The summed E-state index contributed by atoms with van der Waals surface area (Å²) in [5.74, 6) is -1.11. The van der Waals surface area contributed by atoms with Crippen molar-refractivity contribution in [1.29, 1.82) is 0 Å². The van der Waals surface area contributed by atoms with E-state index in [4.69, 9.17) is 0 Å². The summed E-state index contributed by atoms with van der Waals surface area (Å²) in [6.45, 7) is 0. The highest BCUT2D eigenvalue weighted by Gasteiger charge is 2.44. The minimum absolute atomic E-state index is 0.291. The van der Waals surface area contributed by atoms with Crippen molar-refractivity contribution in [3.63, 3.8) is 0 Å². The second-order valence-corrected chi connectivity index (χ2v) is 4.12. The van der Waals surface area contributed by atoms with Crippen molar-refractivity contribution in [1.82, 2.24) is 0 Å². The van der Waals surface area contributed by atoms with Crippen molar-refractivity contribution in [2.75, 3.05) is 0 Å². The molecule has 0 bridgehead atoms. The quantitative estimate of drug-likeness (QED) is 0.559. The van der Waals surface area contributed by atoms with E-state index in [1.165, 1.54) is 0 Å². The molecule has 0 aromatic rings. The molecule has 1 rings (SSSR count). The topological polar surface area (TPSA) is 0 Å². The average Bonchev–Trinajstić information content (AvgIpc) is 1.86. The van der Waals surface area contributed by atoms with Gasteiger partial charge in [0.15, 0.2) is 0 Å². The van der Waals surface area contributed by atoms with Gasteiger partial charge in [0.2, 0.25) is 0 Å². The van der Waals surface area contributed by atoms with Crippen molar-refractivity contribution in [3.8, 4) is 0 Å². The fraction of sp³-hybridized carbons (Fsp3) is 1.00. The highest BCUT2D eigenvalue weighted by molar-refractivity contribution is 9.09. The maximum Gasteiger partial charge on any atom is 0.392 e. The Labute approximate surface area is 72.3 Å². The number of rotatable bonds is 0. The molecule has 66 valence electrons. The van der Waals surface area contributed by atoms with Gasteiger partial charge in [0.1, 0.15) is 0 Å². The van der Waals surface area contributed by atoms with Crippen LogP contribution in [0.15, 0.2) is 0 Å². The molecule has 1 saturated carbocycles. The van der Waals surface area contributed by atoms with Gasteiger partial charge in [-0.1, -0.05) is 28.8 Å². The largest absolute Gasteiger partial charge is 0.392 e. The van der Waals surface area contributed by atoms with E-state index in [0.29, 0.717) is 19.3 Å². The van der Waals surface area contributed by atoms with Crippen LogP contribution in [-0.2, 0) is 0 Å². The lowest BCUT2D eigenvalue weighted by molar-refractivity contribution is -0.179. The van der Waals surface area contributed by atoms with Crippen LogP contribution in [0.1, 0.15) is 25.7 Å². The summed E-state index contributed by atoms with van der Waals surface area (Å²) < 4.78 is 36.5. The van der Waals surface area contributed by atoms with Crippen LogP contribution in [0.5, 0.6) is 0 Å². The van der Waals surface area contributed by atoms with Crippen LogP contribution >= 0.6 is 15.9 Å². The van der Waals surface area contributed by atoms with E-state index in [2.05, 4.69) is 15.9 Å². The molecule has 0 spiro atoms. The molecular formula is C7H10BrF3. The lowest BCUT2D eigenvalue weighted by Crippen LogP contribution is -2.33. The van der Waals surface area contributed by atoms with Crippen LogP contribution in [0.4, 0.5) is 13.2 Å². The van der Waals surface area contributed by atoms with Gasteiger partial charge >= 0.3 is 6.18 Å². The summed E-state index contributed by atoms with van der Waals surface area (Å²) in [5.41, 5.74) is 0. The number of alkyl halides is 4. The lowest BCUT2D eigenvalue weighted by Gasteiger charge is -2.28. The molecule has 0 N–H and O–H groups in total. The Morgan fingerprint density at radius 3 is 2.00 bits per heavy atom. The molecule has 0 amide bonds. The van der Waals surface area contributed by atoms with Crippen LogP contribution in [-0.4, -0.2) is 11.0 Å². The van der Waals surface area contributed by atoms with E-state index in [9.17, 15) is 13.2 Å². The minimum atomic E-state index is -4.01. The van der Waals surface area contributed by atoms with Crippen molar-refractivity contribution < 1.29 is 13.2 Å². The zero-order chi connectivity index (χ0) is 8.48. The molecule has 0 aromatic carbocycles. The highest BCUT2D eigenvalue weighted by atomic mass is 79.9. The number of halogens is 4. The fourth-order valence-corrected chi connectivity index (χ4v) is 2.34. The van der Waals surface area contributed by atoms with Gasteiger partial charge in [-0.3, -0.25) is 0 Å². The molecule has 4 heteroatoms. The second kappa shape index (κ2) is 3.33. The molecule has 0 radical (unpaired) electrons. The van der Waals surface area contributed by atoms with Gasteiger partial charge < -0.3 is 0 Å². The van der Waals surface area contributed by atoms with Crippen molar-refractivity contribution in [2.24, 2.45) is 5.92 Å². The predicted octanol–water partition coefficient (Wildman–Crippen LogP) is 3.50. The summed E-state index contributed by atoms with van der Waals surface area (Å²) in [5, 5.41) is 0. The predicted molar refractivity (Wildman–Crippen MR) is 40.7 cm³/mol. The van der Waals surface area contributed by atoms with Crippen molar-refractivity contribution in [2.45, 2.75) is 36.7 Å². The van der Waals surface area contributed by atoms with E-state index in [-0.39, 0.29) is 4.83 Å². The molecule has 0 aliphatic heterocycles. The molecule has 1 fully saturated rings. The molecule has 1 aliphatic carbocycles. The third-order valence-corrected chi connectivity index (χ3v) is 3.20. The van der Waals surface area contributed by atoms with Gasteiger partial charge in [0, 0.05) is 4.83 Å². The number of hydrogen-bond acceptors (Lipinski definition) is 0. The Kier molecular flexibility index (Phi) is 2.84. The molecule has 2 unspecified atom stereocenters. The van der Waals surface area contributed by atoms with E-state index >= 15 is 0 Å². The molecule has 1 aliphatic rings. The van der Waals surface area contributed by atoms with E-state index in [1.54, 1.807) is 0 Å². The minimum Gasteiger partial charge on any atom is -0.171 e. The monoisotopic (exact) mass is 230 g/mol. The molecule has 0 nitrogen and oxygen atoms in total. The van der Waals surface area contributed by atoms with Gasteiger partial charge in [-0.2, -0.15) is 13.2 Å². The molecule has 0 aromatic heterocycles. The maximum atomic E-state index is 12.2. The molecule has 2 atom stereocenters. The maximum absolute atomic E-state index is 12.2. The third-order valence-electron chi connectivity index (χ3n) is 2.10. The molecule has 0 saturated heterocycles. The van der Waals surface area contributed by atoms with Crippen LogP contribution in [0, 0.1) is 5.92 Å². The lowest BCUT2D eigenvalue weighted by atomic mass is 9.89. The average molecular weight is 231 g/mol. The Bertz CT molecular complexity index is 132. The normalized spacial score (nSPS) is 33.8. The van der Waals surface area contributed by atoms with Gasteiger partial charge in [0.05, 0.1) is 5.92 Å². The van der Waals surface area contributed by atoms with Crippen molar-refractivity contribution >= 4 is 15.9 Å². The Morgan fingerprint density at radius 1 is 1.09 bits per heavy atom. The van der Waals surface area contributed by atoms with E-state index in [1.807, 2.05) is 0 Å². The Balaban J connectivity index is 2.55. The summed E-state index contributed by atoms with van der Waals surface area (Å²) in [6.07, 6.45) is -1.42. The summed E-state index contributed by atoms with van der Waals surface area (Å²) in [4.78, 5) is -0.351. The summed E-state index contributed by atoms with van der Waals surface area (Å²) >= 11 is 3.07. The first-order chi connectivity index (χ1) is 5.02. The van der Waals surface area contributed by atoms with Crippen LogP contribution in [0.25, 0.3) is 0 Å². The SMILES string of the molecule is FC(F)(F)C1CCCCC1Br. The fourth-order valence-electron chi connectivity index (χ4n) is 1.45. The first kappa shape index (κ1) is 9.36. The Hall–Kier alpha value is 0.270. The molecule has 0 heterocycles. The van der Waals surface area contributed by atoms with Gasteiger partial charge in [-0.05, 0) is 12.8 Å². The summed E-state index contributed by atoms with van der Waals surface area (Å²) in [7, 11) is 0. The van der Waals surface area contributed by atoms with Gasteiger partial charge in [-0.25, -0.2) is 0 Å². The third kappa shape index (κ3) is 2.36. The van der Waals surface area contributed by atoms with Crippen LogP contribution < -0.4 is 0 Å². The first-order valence-electron chi connectivity index (χ1n) is 3.72. The van der Waals surface area contributed by atoms with E-state index in [0.717, 1.165) is 6.42 Å². The van der Waals surface area contributed by atoms with E-state index < -0.39 is 12.1 Å². The number of hydrogen-bond donors (Lipinski definition) is 0. The zero-order valence-electron chi connectivity index (χ0n) is 5.99. The van der Waals surface area contributed by atoms with Crippen molar-refractivity contribution in [3.05, 3.63) is 0 Å². The Morgan fingerprint density at radius 2 is 1.64 bits per heavy atom. The summed E-state index contributed by atoms with van der Waals surface area (Å²) in [6, 6.07) is 0. The molecular weight excluding hydrogens is 221 g/mol. The first-order valence-corrected chi connectivity index (χ1v) is 4.64. The smallest absolute Gasteiger partial charge is 0.171 e. The standard InChI is InChI=1S/C7H10BrF3/c8-6-4-2-1-3-5(6)7(9,10)11/h5-6H,1-4H2. The molecule has 11 heavy (non-hydrogen) atoms. The highest BCUT2D eigenvalue weighted by Crippen LogP contribution is 2.40. The van der Waals surface area contributed by atoms with Crippen LogP contribution in [0.2, 0.25) is 0 Å². The zero-order valence-corrected chi connectivity index (χ0v) is 7.58. The van der Waals surface area contributed by atoms with Gasteiger partial charge in [0.25, 0.3) is 0 Å². The second-order valence-electron chi connectivity index (χ2n) is 2.95.